The van der Waals surface area contributed by atoms with Gasteiger partial charge in [0.25, 0.3) is 0 Å². The molecule has 0 spiro atoms. The lowest BCUT2D eigenvalue weighted by molar-refractivity contribution is -0.138. The van der Waals surface area contributed by atoms with E-state index in [0.717, 1.165) is 6.20 Å². The second-order valence-corrected chi connectivity index (χ2v) is 3.16. The normalized spacial score (nSPS) is 11.8. The summed E-state index contributed by atoms with van der Waals surface area (Å²) in [6.07, 6.45) is -3.51. The zero-order chi connectivity index (χ0) is 9.35. The van der Waals surface area contributed by atoms with Gasteiger partial charge in [-0.25, -0.2) is 0 Å². The smallest absolute Gasteiger partial charge is 0.261 e. The molecule has 1 nitrogen and oxygen atoms in total. The molecular weight excluding hydrogens is 235 g/mol. The van der Waals surface area contributed by atoms with Crippen molar-refractivity contribution >= 4 is 15.9 Å². The summed E-state index contributed by atoms with van der Waals surface area (Å²) in [5.41, 5.74) is -0.192. The van der Waals surface area contributed by atoms with Crippen LogP contribution in [0, 0.1) is 6.92 Å². The van der Waals surface area contributed by atoms with E-state index in [1.54, 1.807) is 6.92 Å². The van der Waals surface area contributed by atoms with Gasteiger partial charge in [0, 0.05) is 16.4 Å². The summed E-state index contributed by atoms with van der Waals surface area (Å²) >= 11 is 2.82. The Morgan fingerprint density at radius 3 is 2.42 bits per heavy atom. The SMILES string of the molecule is Cc1cc(Br)c(C(F)(F)F)cn1. The van der Waals surface area contributed by atoms with E-state index in [9.17, 15) is 13.2 Å². The fourth-order valence-electron chi connectivity index (χ4n) is 0.735. The van der Waals surface area contributed by atoms with Crippen LogP contribution in [-0.4, -0.2) is 4.98 Å². The predicted octanol–water partition coefficient (Wildman–Crippen LogP) is 3.17. The number of alkyl halides is 3. The van der Waals surface area contributed by atoms with E-state index in [-0.39, 0.29) is 4.47 Å². The van der Waals surface area contributed by atoms with Crippen molar-refractivity contribution in [2.75, 3.05) is 0 Å². The van der Waals surface area contributed by atoms with Gasteiger partial charge in [-0.1, -0.05) is 15.9 Å². The molecule has 1 aromatic heterocycles. The molecular formula is C7H5BrF3N. The molecule has 1 aromatic rings. The van der Waals surface area contributed by atoms with Crippen LogP contribution in [0.2, 0.25) is 0 Å². The molecule has 0 saturated heterocycles. The molecule has 0 radical (unpaired) electrons. The predicted molar refractivity (Wildman–Crippen MR) is 41.7 cm³/mol. The van der Waals surface area contributed by atoms with Crippen molar-refractivity contribution in [2.24, 2.45) is 0 Å². The summed E-state index contributed by atoms with van der Waals surface area (Å²) in [6, 6.07) is 1.34. The third-order valence-corrected chi connectivity index (χ3v) is 1.95. The Hall–Kier alpha value is -0.580. The number of aryl methyl sites for hydroxylation is 1. The molecule has 0 atom stereocenters. The first-order valence-corrected chi connectivity index (χ1v) is 3.90. The number of nitrogens with zero attached hydrogens (tertiary/aromatic N) is 1. The minimum absolute atomic E-state index is 0.0301. The van der Waals surface area contributed by atoms with Crippen LogP contribution in [0.3, 0.4) is 0 Å². The monoisotopic (exact) mass is 239 g/mol. The van der Waals surface area contributed by atoms with E-state index < -0.39 is 11.7 Å². The molecule has 0 aromatic carbocycles. The molecule has 0 aliphatic carbocycles. The third kappa shape index (κ3) is 1.97. The number of hydrogen-bond donors (Lipinski definition) is 0. The van der Waals surface area contributed by atoms with Crippen LogP contribution in [0.25, 0.3) is 0 Å². The van der Waals surface area contributed by atoms with Crippen molar-refractivity contribution in [1.29, 1.82) is 0 Å². The molecule has 0 aliphatic heterocycles. The zero-order valence-corrected chi connectivity index (χ0v) is 7.70. The van der Waals surface area contributed by atoms with E-state index in [0.29, 0.717) is 5.69 Å². The van der Waals surface area contributed by atoms with Crippen LogP contribution in [0.15, 0.2) is 16.7 Å². The van der Waals surface area contributed by atoms with E-state index in [1.807, 2.05) is 0 Å². The van der Waals surface area contributed by atoms with E-state index >= 15 is 0 Å². The highest BCUT2D eigenvalue weighted by atomic mass is 79.9. The first kappa shape index (κ1) is 9.51. The van der Waals surface area contributed by atoms with Crippen molar-refractivity contribution in [1.82, 2.24) is 4.98 Å². The van der Waals surface area contributed by atoms with Crippen LogP contribution in [0.1, 0.15) is 11.3 Å². The Kier molecular flexibility index (Phi) is 2.41. The largest absolute Gasteiger partial charge is 0.418 e. The maximum Gasteiger partial charge on any atom is 0.418 e. The molecule has 66 valence electrons. The standard InChI is InChI=1S/C7H5BrF3N/c1-4-2-6(8)5(3-12-4)7(9,10)11/h2-3H,1H3. The Morgan fingerprint density at radius 2 is 2.00 bits per heavy atom. The third-order valence-electron chi connectivity index (χ3n) is 1.30. The van der Waals surface area contributed by atoms with Gasteiger partial charge in [0.2, 0.25) is 0 Å². The van der Waals surface area contributed by atoms with Gasteiger partial charge in [-0.2, -0.15) is 13.2 Å². The summed E-state index contributed by atoms with van der Waals surface area (Å²) in [5, 5.41) is 0. The second-order valence-electron chi connectivity index (χ2n) is 2.30. The van der Waals surface area contributed by atoms with E-state index in [2.05, 4.69) is 20.9 Å². The number of rotatable bonds is 0. The molecule has 1 rings (SSSR count). The van der Waals surface area contributed by atoms with E-state index in [1.165, 1.54) is 6.07 Å². The highest BCUT2D eigenvalue weighted by Crippen LogP contribution is 2.34. The van der Waals surface area contributed by atoms with Crippen LogP contribution in [0.4, 0.5) is 13.2 Å². The van der Waals surface area contributed by atoms with Crippen molar-refractivity contribution in [2.45, 2.75) is 13.1 Å². The van der Waals surface area contributed by atoms with Gasteiger partial charge < -0.3 is 0 Å². The quantitative estimate of drug-likeness (QED) is 0.678. The fourth-order valence-corrected chi connectivity index (χ4v) is 1.39. The van der Waals surface area contributed by atoms with Crippen molar-refractivity contribution in [3.8, 4) is 0 Å². The Labute approximate surface area is 75.7 Å². The molecule has 0 saturated carbocycles. The lowest BCUT2D eigenvalue weighted by atomic mass is 10.2. The maximum absolute atomic E-state index is 12.1. The highest BCUT2D eigenvalue weighted by Gasteiger charge is 2.33. The molecule has 0 bridgehead atoms. The maximum atomic E-state index is 12.1. The number of hydrogen-bond acceptors (Lipinski definition) is 1. The average molecular weight is 240 g/mol. The first-order valence-electron chi connectivity index (χ1n) is 3.10. The van der Waals surface area contributed by atoms with Gasteiger partial charge in [0.1, 0.15) is 0 Å². The number of pyridine rings is 1. The second kappa shape index (κ2) is 3.05. The van der Waals surface area contributed by atoms with Gasteiger partial charge in [0.15, 0.2) is 0 Å². The van der Waals surface area contributed by atoms with Crippen LogP contribution < -0.4 is 0 Å². The minimum Gasteiger partial charge on any atom is -0.261 e. The van der Waals surface area contributed by atoms with Gasteiger partial charge >= 0.3 is 6.18 Å². The summed E-state index contributed by atoms with van der Waals surface area (Å²) in [7, 11) is 0. The highest BCUT2D eigenvalue weighted by molar-refractivity contribution is 9.10. The lowest BCUT2D eigenvalue weighted by Gasteiger charge is -2.07. The molecule has 1 heterocycles. The average Bonchev–Trinajstić information content (AvgIpc) is 1.83. The molecule has 5 heteroatoms. The lowest BCUT2D eigenvalue weighted by Crippen LogP contribution is -2.06. The van der Waals surface area contributed by atoms with Gasteiger partial charge in [-0.05, 0) is 13.0 Å². The first-order chi connectivity index (χ1) is 5.41. The summed E-state index contributed by atoms with van der Waals surface area (Å²) in [4.78, 5) is 3.56. The Balaban J connectivity index is 3.19. The van der Waals surface area contributed by atoms with Crippen LogP contribution in [-0.2, 0) is 6.18 Å². The minimum atomic E-state index is -4.33. The summed E-state index contributed by atoms with van der Waals surface area (Å²) in [6.45, 7) is 1.63. The molecule has 0 fully saturated rings. The van der Waals surface area contributed by atoms with Gasteiger partial charge in [-0.15, -0.1) is 0 Å². The van der Waals surface area contributed by atoms with Crippen molar-refractivity contribution in [3.05, 3.63) is 28.0 Å². The molecule has 0 aliphatic rings. The molecule has 0 unspecified atom stereocenters. The topological polar surface area (TPSA) is 12.9 Å². The Morgan fingerprint density at radius 1 is 1.42 bits per heavy atom. The van der Waals surface area contributed by atoms with Crippen LogP contribution >= 0.6 is 15.9 Å². The Bertz CT molecular complexity index is 295. The van der Waals surface area contributed by atoms with Gasteiger partial charge in [-0.3, -0.25) is 4.98 Å². The summed E-state index contributed by atoms with van der Waals surface area (Å²) in [5.74, 6) is 0. The number of halogens is 4. The van der Waals surface area contributed by atoms with Crippen LogP contribution in [0.5, 0.6) is 0 Å². The molecule has 0 amide bonds. The van der Waals surface area contributed by atoms with Crippen molar-refractivity contribution in [3.63, 3.8) is 0 Å². The fraction of sp³-hybridized carbons (Fsp3) is 0.286. The van der Waals surface area contributed by atoms with Gasteiger partial charge in [0.05, 0.1) is 5.56 Å². The summed E-state index contributed by atoms with van der Waals surface area (Å²) < 4.78 is 36.4. The van der Waals surface area contributed by atoms with Crippen molar-refractivity contribution < 1.29 is 13.2 Å². The molecule has 0 N–H and O–H groups in total. The zero-order valence-electron chi connectivity index (χ0n) is 6.11. The number of aromatic nitrogens is 1. The molecule has 12 heavy (non-hydrogen) atoms. The van der Waals surface area contributed by atoms with E-state index in [4.69, 9.17) is 0 Å².